The molecule has 7 nitrogen and oxygen atoms in total. The number of hydrogen-bond donors (Lipinski definition) is 1. The van der Waals surface area contributed by atoms with Gasteiger partial charge in [-0.1, -0.05) is 0 Å². The average molecular weight is 380 g/mol. The summed E-state index contributed by atoms with van der Waals surface area (Å²) >= 11 is 0. The summed E-state index contributed by atoms with van der Waals surface area (Å²) in [5.74, 6) is 0.159. The molecule has 0 unspecified atom stereocenters. The lowest BCUT2D eigenvalue weighted by Gasteiger charge is -2.21. The highest BCUT2D eigenvalue weighted by atomic mass is 32.2. The zero-order valence-corrected chi connectivity index (χ0v) is 14.8. The largest absolute Gasteiger partial charge is 0.454 e. The Bertz CT molecular complexity index is 915. The third-order valence-electron chi connectivity index (χ3n) is 3.80. The number of nitrogens with one attached hydrogen (secondary N) is 1. The molecule has 1 heterocycles. The van der Waals surface area contributed by atoms with Crippen LogP contribution in [-0.4, -0.2) is 34.2 Å². The van der Waals surface area contributed by atoms with E-state index >= 15 is 0 Å². The molecule has 0 radical (unpaired) electrons. The van der Waals surface area contributed by atoms with Crippen molar-refractivity contribution in [2.75, 3.05) is 24.8 Å². The highest BCUT2D eigenvalue weighted by Crippen LogP contribution is 2.33. The molecule has 0 atom stereocenters. The van der Waals surface area contributed by atoms with Crippen molar-refractivity contribution < 1.29 is 27.1 Å². The van der Waals surface area contributed by atoms with Crippen molar-refractivity contribution >= 4 is 21.6 Å². The number of amides is 1. The van der Waals surface area contributed by atoms with Crippen LogP contribution in [0.15, 0.2) is 47.4 Å². The number of hydrogen-bond acceptors (Lipinski definition) is 5. The first-order chi connectivity index (χ1) is 12.4. The minimum Gasteiger partial charge on any atom is -0.454 e. The molecular weight excluding hydrogens is 363 g/mol. The number of fused-ring (bicyclic) bond motifs is 1. The first kappa shape index (κ1) is 18.2. The van der Waals surface area contributed by atoms with Crippen LogP contribution in [0.1, 0.15) is 6.92 Å². The molecule has 2 aromatic rings. The van der Waals surface area contributed by atoms with Crippen LogP contribution in [-0.2, 0) is 14.8 Å². The molecule has 9 heteroatoms. The van der Waals surface area contributed by atoms with E-state index in [1.54, 1.807) is 0 Å². The smallest absolute Gasteiger partial charge is 0.240 e. The van der Waals surface area contributed by atoms with Gasteiger partial charge in [0.15, 0.2) is 11.5 Å². The van der Waals surface area contributed by atoms with E-state index in [9.17, 15) is 17.6 Å². The van der Waals surface area contributed by atoms with Crippen molar-refractivity contribution in [1.82, 2.24) is 4.72 Å². The minimum atomic E-state index is -3.78. The number of ether oxygens (including phenoxy) is 2. The Balaban J connectivity index is 1.67. The monoisotopic (exact) mass is 380 g/mol. The van der Waals surface area contributed by atoms with Gasteiger partial charge in [0.1, 0.15) is 5.82 Å². The van der Waals surface area contributed by atoms with Gasteiger partial charge in [-0.05, 0) is 36.4 Å². The van der Waals surface area contributed by atoms with E-state index in [2.05, 4.69) is 4.72 Å². The van der Waals surface area contributed by atoms with Gasteiger partial charge in [0.05, 0.1) is 4.90 Å². The Kier molecular flexibility index (Phi) is 5.10. The Morgan fingerprint density at radius 1 is 1.15 bits per heavy atom. The summed E-state index contributed by atoms with van der Waals surface area (Å²) in [5, 5.41) is 0. The standard InChI is InChI=1S/C17H17FN2O5S/c1-12(21)20(14-4-2-13(18)3-5-14)9-8-19-26(22,23)15-6-7-16-17(10-15)25-11-24-16/h2-7,10,19H,8-9,11H2,1H3. The summed E-state index contributed by atoms with van der Waals surface area (Å²) in [5.41, 5.74) is 0.487. The fourth-order valence-corrected chi connectivity index (χ4v) is 3.54. The molecule has 1 aliphatic heterocycles. The second kappa shape index (κ2) is 7.30. The number of rotatable bonds is 6. The molecular formula is C17H17FN2O5S. The van der Waals surface area contributed by atoms with Crippen molar-refractivity contribution in [1.29, 1.82) is 0 Å². The second-order valence-electron chi connectivity index (χ2n) is 5.56. The second-order valence-corrected chi connectivity index (χ2v) is 7.33. The molecule has 0 saturated heterocycles. The topological polar surface area (TPSA) is 84.9 Å². The Morgan fingerprint density at radius 3 is 2.54 bits per heavy atom. The van der Waals surface area contributed by atoms with Crippen molar-refractivity contribution in [3.63, 3.8) is 0 Å². The lowest BCUT2D eigenvalue weighted by Crippen LogP contribution is -2.37. The number of sulfonamides is 1. The van der Waals surface area contributed by atoms with Gasteiger partial charge < -0.3 is 14.4 Å². The lowest BCUT2D eigenvalue weighted by atomic mass is 10.2. The molecule has 138 valence electrons. The Morgan fingerprint density at radius 2 is 1.85 bits per heavy atom. The maximum Gasteiger partial charge on any atom is 0.240 e. The molecule has 0 spiro atoms. The number of anilines is 1. The van der Waals surface area contributed by atoms with Crippen LogP contribution in [0, 0.1) is 5.82 Å². The van der Waals surface area contributed by atoms with E-state index < -0.39 is 15.8 Å². The SMILES string of the molecule is CC(=O)N(CCNS(=O)(=O)c1ccc2c(c1)OCO2)c1ccc(F)cc1. The summed E-state index contributed by atoms with van der Waals surface area (Å²) < 4.78 is 50.6. The number of carbonyl (C=O) groups excluding carboxylic acids is 1. The summed E-state index contributed by atoms with van der Waals surface area (Å²) in [6.45, 7) is 1.51. The van der Waals surface area contributed by atoms with Crippen LogP contribution in [0.25, 0.3) is 0 Å². The molecule has 0 saturated carbocycles. The average Bonchev–Trinajstić information content (AvgIpc) is 3.07. The van der Waals surface area contributed by atoms with Crippen molar-refractivity contribution in [2.24, 2.45) is 0 Å². The van der Waals surface area contributed by atoms with Gasteiger partial charge in [0.2, 0.25) is 22.7 Å². The molecule has 2 aromatic carbocycles. The quantitative estimate of drug-likeness (QED) is 0.827. The van der Waals surface area contributed by atoms with Crippen molar-refractivity contribution in [3.05, 3.63) is 48.3 Å². The van der Waals surface area contributed by atoms with E-state index in [0.717, 1.165) is 0 Å². The number of halogens is 1. The predicted octanol–water partition coefficient (Wildman–Crippen LogP) is 1.89. The molecule has 1 N–H and O–H groups in total. The zero-order valence-electron chi connectivity index (χ0n) is 13.9. The van der Waals surface area contributed by atoms with Gasteiger partial charge in [0.25, 0.3) is 0 Å². The molecule has 0 fully saturated rings. The molecule has 26 heavy (non-hydrogen) atoms. The Hall–Kier alpha value is -2.65. The summed E-state index contributed by atoms with van der Waals surface area (Å²) in [6, 6.07) is 9.72. The third kappa shape index (κ3) is 3.94. The van der Waals surface area contributed by atoms with Gasteiger partial charge in [-0.2, -0.15) is 0 Å². The van der Waals surface area contributed by atoms with E-state index in [4.69, 9.17) is 9.47 Å². The molecule has 0 aliphatic carbocycles. The first-order valence-corrected chi connectivity index (χ1v) is 9.28. The number of benzene rings is 2. The molecule has 1 aliphatic rings. The third-order valence-corrected chi connectivity index (χ3v) is 5.26. The van der Waals surface area contributed by atoms with Gasteiger partial charge in [-0.25, -0.2) is 17.5 Å². The summed E-state index contributed by atoms with van der Waals surface area (Å²) in [6.07, 6.45) is 0. The first-order valence-electron chi connectivity index (χ1n) is 7.80. The van der Waals surface area contributed by atoms with Crippen LogP contribution < -0.4 is 19.1 Å². The number of carbonyl (C=O) groups is 1. The highest BCUT2D eigenvalue weighted by Gasteiger charge is 2.20. The zero-order chi connectivity index (χ0) is 18.7. The predicted molar refractivity (Wildman–Crippen MR) is 92.2 cm³/mol. The van der Waals surface area contributed by atoms with Crippen LogP contribution in [0.4, 0.5) is 10.1 Å². The molecule has 3 rings (SSSR count). The number of nitrogens with zero attached hydrogens (tertiary/aromatic N) is 1. The summed E-state index contributed by atoms with van der Waals surface area (Å²) in [4.78, 5) is 13.2. The van der Waals surface area contributed by atoms with Crippen LogP contribution >= 0.6 is 0 Å². The maximum atomic E-state index is 13.0. The van der Waals surface area contributed by atoms with Gasteiger partial charge in [-0.15, -0.1) is 0 Å². The fourth-order valence-electron chi connectivity index (χ4n) is 2.51. The van der Waals surface area contributed by atoms with Gasteiger partial charge in [0, 0.05) is 31.8 Å². The fraction of sp³-hybridized carbons (Fsp3) is 0.235. The van der Waals surface area contributed by atoms with E-state index in [0.29, 0.717) is 17.2 Å². The van der Waals surface area contributed by atoms with E-state index in [-0.39, 0.29) is 30.7 Å². The van der Waals surface area contributed by atoms with Crippen molar-refractivity contribution in [2.45, 2.75) is 11.8 Å². The summed E-state index contributed by atoms with van der Waals surface area (Å²) in [7, 11) is -3.78. The lowest BCUT2D eigenvalue weighted by molar-refractivity contribution is -0.116. The molecule has 0 bridgehead atoms. The Labute approximate surface area is 150 Å². The van der Waals surface area contributed by atoms with Gasteiger partial charge >= 0.3 is 0 Å². The van der Waals surface area contributed by atoms with E-state index in [1.165, 1.54) is 54.3 Å². The molecule has 1 amide bonds. The van der Waals surface area contributed by atoms with Crippen LogP contribution in [0.5, 0.6) is 11.5 Å². The van der Waals surface area contributed by atoms with Crippen LogP contribution in [0.2, 0.25) is 0 Å². The van der Waals surface area contributed by atoms with Crippen LogP contribution in [0.3, 0.4) is 0 Å². The highest BCUT2D eigenvalue weighted by molar-refractivity contribution is 7.89. The maximum absolute atomic E-state index is 13.0. The van der Waals surface area contributed by atoms with Gasteiger partial charge in [-0.3, -0.25) is 4.79 Å². The minimum absolute atomic E-state index is 0.00622. The van der Waals surface area contributed by atoms with Crippen molar-refractivity contribution in [3.8, 4) is 11.5 Å². The van der Waals surface area contributed by atoms with E-state index in [1.807, 2.05) is 0 Å². The molecule has 0 aromatic heterocycles. The normalized spacial score (nSPS) is 12.8.